The van der Waals surface area contributed by atoms with Crippen LogP contribution in [0, 0.1) is 5.82 Å². The van der Waals surface area contributed by atoms with Crippen LogP contribution in [0.15, 0.2) is 40.9 Å². The van der Waals surface area contributed by atoms with Gasteiger partial charge in [-0.2, -0.15) is 13.8 Å². The second-order valence-corrected chi connectivity index (χ2v) is 10.3. The average molecular weight is 485 g/mol. The van der Waals surface area contributed by atoms with Crippen molar-refractivity contribution in [3.05, 3.63) is 63.7 Å². The van der Waals surface area contributed by atoms with E-state index in [-0.39, 0.29) is 28.1 Å². The normalized spacial score (nSPS) is 13.9. The van der Waals surface area contributed by atoms with E-state index >= 15 is 0 Å². The van der Waals surface area contributed by atoms with E-state index in [1.165, 1.54) is 24.9 Å². The molecule has 0 spiro atoms. The molecule has 0 saturated carbocycles. The summed E-state index contributed by atoms with van der Waals surface area (Å²) in [5, 5.41) is 3.05. The molecule has 1 aromatic heterocycles. The molecule has 3 aromatic rings. The maximum absolute atomic E-state index is 14.5. The van der Waals surface area contributed by atoms with E-state index in [4.69, 9.17) is 34.8 Å². The van der Waals surface area contributed by atoms with Gasteiger partial charge in [0.25, 0.3) is 0 Å². The van der Waals surface area contributed by atoms with E-state index in [0.29, 0.717) is 10.7 Å². The molecule has 1 atom stereocenters. The summed E-state index contributed by atoms with van der Waals surface area (Å²) >= 11 is 16.7. The first-order valence-electron chi connectivity index (χ1n) is 7.94. The van der Waals surface area contributed by atoms with Crippen LogP contribution in [0.2, 0.25) is 10.0 Å². The Morgan fingerprint density at radius 2 is 1.93 bits per heavy atom. The zero-order valence-corrected chi connectivity index (χ0v) is 17.8. The second-order valence-electron chi connectivity index (χ2n) is 6.22. The van der Waals surface area contributed by atoms with Gasteiger partial charge in [-0.1, -0.05) is 40.5 Å². The van der Waals surface area contributed by atoms with Gasteiger partial charge in [0.15, 0.2) is 7.29 Å². The van der Waals surface area contributed by atoms with Crippen LogP contribution >= 0.6 is 42.1 Å². The van der Waals surface area contributed by atoms with Gasteiger partial charge in [0.2, 0.25) is 5.82 Å². The van der Waals surface area contributed by atoms with Crippen LogP contribution < -0.4 is 5.09 Å². The Kier molecular flexibility index (Phi) is 6.20. The summed E-state index contributed by atoms with van der Waals surface area (Å²) in [5.41, 5.74) is 0.644. The van der Waals surface area contributed by atoms with Gasteiger partial charge in [-0.3, -0.25) is 0 Å². The SMILES string of the molecule is CP(=O)(Cc1ccc(-c2noc(C(F)(F)Cl)n2)cc1F)Nc1ccc(Cl)cc1Cl. The Labute approximate surface area is 178 Å². The Morgan fingerprint density at radius 1 is 1.21 bits per heavy atom. The standard InChI is InChI=1S/C17H12Cl3F3N3O2P/c1-29(27,26-14-5-4-11(18)7-12(14)19)8-10-3-2-9(6-13(10)21)15-24-16(28-25-15)17(20,22)23/h2-7H,8H2,1H3,(H,26,27). The lowest BCUT2D eigenvalue weighted by atomic mass is 10.1. The number of anilines is 1. The second kappa shape index (κ2) is 8.19. The molecule has 0 amide bonds. The summed E-state index contributed by atoms with van der Waals surface area (Å²) in [6, 6.07) is 8.43. The zero-order valence-electron chi connectivity index (χ0n) is 14.6. The summed E-state index contributed by atoms with van der Waals surface area (Å²) < 4.78 is 57.8. The van der Waals surface area contributed by atoms with Gasteiger partial charge < -0.3 is 14.2 Å². The number of hydrogen-bond acceptors (Lipinski definition) is 4. The summed E-state index contributed by atoms with van der Waals surface area (Å²) in [7, 11) is -3.09. The fourth-order valence-corrected chi connectivity index (χ4v) is 4.76. The zero-order chi connectivity index (χ0) is 21.4. The van der Waals surface area contributed by atoms with Crippen LogP contribution in [0.4, 0.5) is 18.9 Å². The Morgan fingerprint density at radius 3 is 2.52 bits per heavy atom. The number of aromatic nitrogens is 2. The third kappa shape index (κ3) is 5.45. The van der Waals surface area contributed by atoms with Crippen LogP contribution in [0.3, 0.4) is 0 Å². The first-order valence-corrected chi connectivity index (χ1v) is 11.4. The molecule has 5 nitrogen and oxygen atoms in total. The molecule has 12 heteroatoms. The molecule has 154 valence electrons. The molecule has 0 radical (unpaired) electrons. The highest BCUT2D eigenvalue weighted by molar-refractivity contribution is 7.63. The number of rotatable bonds is 6. The van der Waals surface area contributed by atoms with Crippen LogP contribution in [-0.2, 0) is 16.1 Å². The van der Waals surface area contributed by atoms with Gasteiger partial charge >= 0.3 is 11.3 Å². The fraction of sp³-hybridized carbons (Fsp3) is 0.176. The van der Waals surface area contributed by atoms with E-state index in [1.807, 2.05) is 0 Å². The lowest BCUT2D eigenvalue weighted by Gasteiger charge is -2.18. The summed E-state index contributed by atoms with van der Waals surface area (Å²) in [6.45, 7) is 1.44. The molecule has 0 aliphatic rings. The molecule has 2 aromatic carbocycles. The smallest absolute Gasteiger partial charge is 0.335 e. The van der Waals surface area contributed by atoms with E-state index in [2.05, 4.69) is 19.8 Å². The van der Waals surface area contributed by atoms with Crippen molar-refractivity contribution < 1.29 is 22.3 Å². The number of halogens is 6. The predicted octanol–water partition coefficient (Wildman–Crippen LogP) is 6.99. The van der Waals surface area contributed by atoms with Crippen molar-refractivity contribution >= 4 is 47.8 Å². The molecule has 1 unspecified atom stereocenters. The molecule has 0 fully saturated rings. The molecular weight excluding hydrogens is 473 g/mol. The average Bonchev–Trinajstić information content (AvgIpc) is 3.09. The number of nitrogens with one attached hydrogen (secondary N) is 1. The molecule has 0 aliphatic heterocycles. The quantitative estimate of drug-likeness (QED) is 0.302. The van der Waals surface area contributed by atoms with Gasteiger partial charge in [0, 0.05) is 23.4 Å². The van der Waals surface area contributed by atoms with Gasteiger partial charge in [-0.15, -0.1) is 0 Å². The van der Waals surface area contributed by atoms with Crippen LogP contribution in [0.1, 0.15) is 11.5 Å². The molecule has 0 bridgehead atoms. The van der Waals surface area contributed by atoms with Gasteiger partial charge in [0.1, 0.15) is 5.82 Å². The Hall–Kier alpha value is -1.73. The summed E-state index contributed by atoms with van der Waals surface area (Å²) in [4.78, 5) is 3.45. The maximum atomic E-state index is 14.5. The van der Waals surface area contributed by atoms with E-state index in [1.54, 1.807) is 12.1 Å². The van der Waals surface area contributed by atoms with Crippen LogP contribution in [-0.4, -0.2) is 16.8 Å². The van der Waals surface area contributed by atoms with Crippen molar-refractivity contribution in [1.82, 2.24) is 10.1 Å². The third-order valence-electron chi connectivity index (χ3n) is 3.74. The topological polar surface area (TPSA) is 68.0 Å². The van der Waals surface area contributed by atoms with E-state index < -0.39 is 24.4 Å². The number of hydrogen-bond donors (Lipinski definition) is 1. The van der Waals surface area contributed by atoms with Gasteiger partial charge in [-0.25, -0.2) is 4.39 Å². The Bertz CT molecular complexity index is 1110. The fourth-order valence-electron chi connectivity index (χ4n) is 2.47. The predicted molar refractivity (Wildman–Crippen MR) is 107 cm³/mol. The first-order chi connectivity index (χ1) is 13.4. The number of benzene rings is 2. The highest BCUT2D eigenvalue weighted by Crippen LogP contribution is 2.47. The molecule has 29 heavy (non-hydrogen) atoms. The molecule has 3 rings (SSSR count). The van der Waals surface area contributed by atoms with Gasteiger partial charge in [0.05, 0.1) is 10.7 Å². The highest BCUT2D eigenvalue weighted by atomic mass is 35.5. The minimum absolute atomic E-state index is 0.0989. The van der Waals surface area contributed by atoms with Crippen molar-refractivity contribution in [1.29, 1.82) is 0 Å². The van der Waals surface area contributed by atoms with Crippen molar-refractivity contribution in [2.45, 2.75) is 11.5 Å². The van der Waals surface area contributed by atoms with Crippen LogP contribution in [0.25, 0.3) is 11.4 Å². The lowest BCUT2D eigenvalue weighted by molar-refractivity contribution is 0.0551. The molecule has 0 aliphatic carbocycles. The minimum atomic E-state index is -3.83. The first kappa shape index (κ1) is 22.0. The summed E-state index contributed by atoms with van der Waals surface area (Å²) in [5.74, 6) is -2.06. The Balaban J connectivity index is 1.79. The van der Waals surface area contributed by atoms with Crippen molar-refractivity contribution in [3.63, 3.8) is 0 Å². The number of nitrogens with zero attached hydrogens (tertiary/aromatic N) is 2. The lowest BCUT2D eigenvalue weighted by Crippen LogP contribution is -2.03. The van der Waals surface area contributed by atoms with Crippen LogP contribution in [0.5, 0.6) is 0 Å². The third-order valence-corrected chi connectivity index (χ3v) is 6.11. The largest absolute Gasteiger partial charge is 0.400 e. The maximum Gasteiger partial charge on any atom is 0.400 e. The van der Waals surface area contributed by atoms with Crippen molar-refractivity contribution in [2.75, 3.05) is 11.8 Å². The van der Waals surface area contributed by atoms with E-state index in [0.717, 1.165) is 6.07 Å². The number of alkyl halides is 3. The van der Waals surface area contributed by atoms with Gasteiger partial charge in [-0.05, 0) is 41.4 Å². The van der Waals surface area contributed by atoms with E-state index in [9.17, 15) is 17.7 Å². The molecule has 1 N–H and O–H groups in total. The molecule has 1 heterocycles. The van der Waals surface area contributed by atoms with Crippen molar-refractivity contribution in [2.24, 2.45) is 0 Å². The monoisotopic (exact) mass is 483 g/mol. The molecule has 0 saturated heterocycles. The highest BCUT2D eigenvalue weighted by Gasteiger charge is 2.35. The summed E-state index contributed by atoms with van der Waals surface area (Å²) in [6.07, 6.45) is -0.130. The van der Waals surface area contributed by atoms with Crippen molar-refractivity contribution in [3.8, 4) is 11.4 Å². The molecular formula is C17H12Cl3F3N3O2P. The minimum Gasteiger partial charge on any atom is -0.335 e.